The lowest BCUT2D eigenvalue weighted by molar-refractivity contribution is -0.143. The molecule has 3 aromatic heterocycles. The Morgan fingerprint density at radius 1 is 0.833 bits per heavy atom. The molecule has 1 N–H and O–H groups in total. The van der Waals surface area contributed by atoms with E-state index in [2.05, 4.69) is 68.6 Å². The van der Waals surface area contributed by atoms with Crippen molar-refractivity contribution in [3.05, 3.63) is 118 Å². The van der Waals surface area contributed by atoms with Gasteiger partial charge in [0.05, 0.1) is 76.1 Å². The molecular formula is C84H107F2N11O15SSi. The number of anilines is 1. The molecule has 0 radical (unpaired) electrons. The Kier molecular flexibility index (Phi) is 26.1. The quantitative estimate of drug-likeness (QED) is 0.0144. The van der Waals surface area contributed by atoms with Crippen molar-refractivity contribution in [1.82, 2.24) is 49.4 Å². The maximum absolute atomic E-state index is 18.4. The summed E-state index contributed by atoms with van der Waals surface area (Å²) in [4.78, 5) is 61.9. The van der Waals surface area contributed by atoms with Crippen LogP contribution in [0.15, 0.2) is 83.9 Å². The molecule has 4 aliphatic rings. The van der Waals surface area contributed by atoms with Crippen LogP contribution in [0.3, 0.4) is 0 Å². The fourth-order valence-electron chi connectivity index (χ4n) is 16.8. The smallest absolute Gasteiger partial charge is 0.410 e. The van der Waals surface area contributed by atoms with Gasteiger partial charge in [-0.1, -0.05) is 76.9 Å². The van der Waals surface area contributed by atoms with Gasteiger partial charge in [-0.05, 0) is 168 Å². The highest BCUT2D eigenvalue weighted by Gasteiger charge is 2.49. The minimum atomic E-state index is -4.11. The normalized spacial score (nSPS) is 18.8. The number of methoxy groups -OCH3 is 2. The number of piperazine rings is 1. The number of esters is 1. The van der Waals surface area contributed by atoms with Gasteiger partial charge >= 0.3 is 18.1 Å². The van der Waals surface area contributed by atoms with Crippen molar-refractivity contribution in [3.63, 3.8) is 0 Å². The van der Waals surface area contributed by atoms with Crippen LogP contribution in [0, 0.1) is 30.0 Å². The van der Waals surface area contributed by atoms with Crippen molar-refractivity contribution in [1.29, 1.82) is 0 Å². The van der Waals surface area contributed by atoms with E-state index in [0.717, 1.165) is 22.3 Å². The van der Waals surface area contributed by atoms with Crippen molar-refractivity contribution < 1.29 is 79.0 Å². The second-order valence-corrected chi connectivity index (χ2v) is 39.4. The molecule has 0 spiro atoms. The van der Waals surface area contributed by atoms with Crippen molar-refractivity contribution in [2.45, 2.75) is 178 Å². The summed E-state index contributed by atoms with van der Waals surface area (Å²) in [5.41, 5.74) is 7.02. The second kappa shape index (κ2) is 35.4. The number of nitrogens with zero attached hydrogens (tertiary/aromatic N) is 10. The van der Waals surface area contributed by atoms with E-state index in [9.17, 15) is 22.8 Å². The van der Waals surface area contributed by atoms with Crippen molar-refractivity contribution >= 4 is 74.6 Å². The first-order chi connectivity index (χ1) is 54.4. The summed E-state index contributed by atoms with van der Waals surface area (Å²) < 4.78 is 126. The average Bonchev–Trinajstić information content (AvgIpc) is 1.04. The fourth-order valence-corrected chi connectivity index (χ4v) is 23.6. The molecule has 5 atom stereocenters. The third-order valence-electron chi connectivity index (χ3n) is 22.4. The number of likely N-dealkylation sites (tertiary alicyclic amines) is 1. The van der Waals surface area contributed by atoms with Crippen LogP contribution < -0.4 is 33.9 Å². The van der Waals surface area contributed by atoms with Crippen LogP contribution in [0.5, 0.6) is 29.0 Å². The van der Waals surface area contributed by atoms with Crippen molar-refractivity contribution in [2.24, 2.45) is 7.05 Å². The first-order valence-corrected chi connectivity index (χ1v) is 42.9. The number of sulfonamides is 1. The van der Waals surface area contributed by atoms with Crippen LogP contribution in [0.4, 0.5) is 19.4 Å². The lowest BCUT2D eigenvalue weighted by Gasteiger charge is -2.42. The molecular weight excluding hydrogens is 1500 g/mol. The Morgan fingerprint density at radius 2 is 1.56 bits per heavy atom. The van der Waals surface area contributed by atoms with Crippen LogP contribution in [-0.2, 0) is 56.9 Å². The van der Waals surface area contributed by atoms with Crippen molar-refractivity contribution in [2.75, 3.05) is 112 Å². The van der Waals surface area contributed by atoms with E-state index >= 15 is 8.78 Å². The summed E-state index contributed by atoms with van der Waals surface area (Å²) in [5, 5.41) is 12.7. The van der Waals surface area contributed by atoms with E-state index in [-0.39, 0.29) is 158 Å². The minimum Gasteiger partial charge on any atom is -0.494 e. The largest absolute Gasteiger partial charge is 0.494 e. The highest BCUT2D eigenvalue weighted by molar-refractivity contribution is 7.89. The number of hydrogen-bond acceptors (Lipinski definition) is 22. The number of carbonyl (C=O) groups is 3. The molecule has 2 amide bonds. The number of carbonyl (C=O) groups excluding carboxylic acids is 3. The second-order valence-electron chi connectivity index (χ2n) is 31.9. The van der Waals surface area contributed by atoms with E-state index in [1.165, 1.54) is 29.7 Å². The summed E-state index contributed by atoms with van der Waals surface area (Å²) in [6, 6.07) is 19.9. The SMILES string of the molecule is CCOC(=O)CC(c1ccc(C)c(CN2C[C@@H](C)Oc3cc(OCCOCCOCCNC(=O)[C@]4(COc5nc(N6C[C@H]7CC[C@@H](C6)N7C(=O)OC(C)(C)C)c6cnc(-c7cc(OCOC)cc8ccc(F)c(C#C[Si](C(C)C)(C(C)C)C(C)C)c78)c(F)c6n5)CCCN4C)ccc3S2(=O)=O)c1)c1cc(OC)c2c(c1)nnn2C. The molecule has 0 saturated carbocycles. The summed E-state index contributed by atoms with van der Waals surface area (Å²) in [7, 11) is 0.155. The number of amides is 2. The average molecular weight is 1610 g/mol. The number of aryl methyl sites for hydroxylation is 2. The molecule has 2 bridgehead atoms. The standard InChI is InChI=1S/C84H107F2N11O15SSi/c1-17-107-73(98)43-65(58-39-69-78(71(40-58)104-16)94(14)92-91-69)56-20-19-54(8)59(37-56)46-96-45-55(9)111-70-42-62(24-26-72(70)113(96,101)102)108-35-34-106-33-32-105-31-29-87-80(99)84(28-18-30-93(84)13)49-109-81-89-77-67(79(90-81)95-47-60-22-23-61(48-95)97(60)82(100)112-83(10,11)12)44-88-76(75(77)86)66-41-63(110-50-103-15)38-57-21-25-68(85)64(74(57)66)27-36-114(51(2)3,52(4)5)53(6)7/h19-21,24-26,37-42,44,51-53,55,60-61,65H,17-18,22-23,28-35,43,45-50H2,1-16H3,(H,87,99)/t55-,60-,61+,65?,84-/m1/s1. The van der Waals surface area contributed by atoms with Gasteiger partial charge in [-0.25, -0.2) is 26.7 Å². The maximum Gasteiger partial charge on any atom is 0.410 e. The Morgan fingerprint density at radius 3 is 2.25 bits per heavy atom. The minimum absolute atomic E-state index is 0.00402. The van der Waals surface area contributed by atoms with Crippen LogP contribution in [0.25, 0.3) is 44.0 Å². The molecule has 1 unspecified atom stereocenters. The van der Waals surface area contributed by atoms with Crippen LogP contribution >= 0.6 is 0 Å². The predicted molar refractivity (Wildman–Crippen MR) is 431 cm³/mol. The maximum atomic E-state index is 18.4. The van der Waals surface area contributed by atoms with E-state index in [1.54, 1.807) is 61.0 Å². The van der Waals surface area contributed by atoms with E-state index in [4.69, 9.17) is 62.3 Å². The number of hydrogen-bond donors (Lipinski definition) is 1. The molecule has 12 rings (SSSR count). The summed E-state index contributed by atoms with van der Waals surface area (Å²) in [6.07, 6.45) is 3.10. The van der Waals surface area contributed by atoms with Gasteiger partial charge in [-0.3, -0.25) is 24.4 Å². The zero-order valence-electron chi connectivity index (χ0n) is 68.2. The third-order valence-corrected chi connectivity index (χ3v) is 30.6. The number of rotatable bonds is 30. The predicted octanol–water partition coefficient (Wildman–Crippen LogP) is 13.0. The number of ether oxygens (including phenoxy) is 10. The molecule has 26 nitrogen and oxygen atoms in total. The number of aromatic nitrogens is 6. The van der Waals surface area contributed by atoms with Crippen LogP contribution in [0.2, 0.25) is 16.6 Å². The molecule has 8 aromatic rings. The van der Waals surface area contributed by atoms with Gasteiger partial charge in [0.25, 0.3) is 0 Å². The van der Waals surface area contributed by atoms with E-state index in [0.29, 0.717) is 90.2 Å². The topological polar surface area (TPSA) is 272 Å². The molecule has 3 saturated heterocycles. The Labute approximate surface area is 667 Å². The van der Waals surface area contributed by atoms with E-state index in [1.807, 2.05) is 81.8 Å². The third kappa shape index (κ3) is 17.7. The highest BCUT2D eigenvalue weighted by atomic mass is 32.2. The van der Waals surface area contributed by atoms with Gasteiger partial charge < -0.3 is 57.6 Å². The molecule has 4 aliphatic heterocycles. The first-order valence-electron chi connectivity index (χ1n) is 39.3. The van der Waals surface area contributed by atoms with Crippen LogP contribution in [0.1, 0.15) is 142 Å². The number of fused-ring (bicyclic) bond motifs is 6. The summed E-state index contributed by atoms with van der Waals surface area (Å²) >= 11 is 0. The summed E-state index contributed by atoms with van der Waals surface area (Å²) in [5.74, 6) is 2.49. The number of nitrogens with one attached hydrogen (secondary N) is 1. The first kappa shape index (κ1) is 84.1. The Balaban J connectivity index is 0.700. The van der Waals surface area contributed by atoms with Gasteiger partial charge in [-0.15, -0.1) is 10.6 Å². The Hall–Kier alpha value is -9.35. The monoisotopic (exact) mass is 1610 g/mol. The number of halogens is 2. The molecule has 5 aromatic carbocycles. The lowest BCUT2D eigenvalue weighted by Crippen LogP contribution is -2.58. The Bertz CT molecular complexity index is 5020. The van der Waals surface area contributed by atoms with E-state index < -0.39 is 65.0 Å². The molecule has 114 heavy (non-hydrogen) atoms. The molecule has 612 valence electrons. The van der Waals surface area contributed by atoms with Gasteiger partial charge in [0.1, 0.15) is 100 Å². The number of benzene rings is 5. The zero-order chi connectivity index (χ0) is 81.7. The van der Waals surface area contributed by atoms with Gasteiger partial charge in [0.2, 0.25) is 15.9 Å². The van der Waals surface area contributed by atoms with Crippen molar-refractivity contribution in [3.8, 4) is 51.7 Å². The van der Waals surface area contributed by atoms with Gasteiger partial charge in [-0.2, -0.15) is 14.3 Å². The molecule has 0 aliphatic carbocycles. The van der Waals surface area contributed by atoms with Crippen LogP contribution in [-0.4, -0.2) is 215 Å². The summed E-state index contributed by atoms with van der Waals surface area (Å²) in [6.45, 7) is 26.4. The molecule has 3 fully saturated rings. The number of likely N-dealkylation sites (N-methyl/N-ethyl adjacent to an activating group) is 1. The zero-order valence-corrected chi connectivity index (χ0v) is 70.1. The van der Waals surface area contributed by atoms with Gasteiger partial charge in [0, 0.05) is 69.5 Å². The molecule has 30 heteroatoms. The van der Waals surface area contributed by atoms with Gasteiger partial charge in [0.15, 0.2) is 12.6 Å². The highest BCUT2D eigenvalue weighted by Crippen LogP contribution is 2.45. The lowest BCUT2D eigenvalue weighted by atomic mass is 9.86. The number of pyridine rings is 1. The fraction of sp³-hybridized carbons (Fsp3) is 0.524. The molecule has 7 heterocycles.